The van der Waals surface area contributed by atoms with Gasteiger partial charge in [-0.25, -0.2) is 4.98 Å². The Kier molecular flexibility index (Phi) is 4.90. The fourth-order valence-electron chi connectivity index (χ4n) is 1.91. The van der Waals surface area contributed by atoms with E-state index in [1.807, 2.05) is 0 Å². The maximum absolute atomic E-state index is 5.46. The molecular weight excluding hydrogens is 218 g/mol. The number of aromatic nitrogens is 3. The highest BCUT2D eigenvalue weighted by atomic mass is 16.5. The van der Waals surface area contributed by atoms with Gasteiger partial charge in [-0.15, -0.1) is 0 Å². The number of nitrogens with zero attached hydrogens (tertiary/aromatic N) is 3. The van der Waals surface area contributed by atoms with Crippen LogP contribution in [0.4, 0.5) is 0 Å². The van der Waals surface area contributed by atoms with Crippen LogP contribution >= 0.6 is 0 Å². The molecule has 17 heavy (non-hydrogen) atoms. The van der Waals surface area contributed by atoms with E-state index in [1.54, 1.807) is 0 Å². The third-order valence-electron chi connectivity index (χ3n) is 2.95. The Morgan fingerprint density at radius 3 is 2.88 bits per heavy atom. The first-order valence-corrected chi connectivity index (χ1v) is 6.29. The number of hydrogen-bond donors (Lipinski definition) is 2. The summed E-state index contributed by atoms with van der Waals surface area (Å²) in [6.07, 6.45) is 2.75. The van der Waals surface area contributed by atoms with E-state index in [4.69, 9.17) is 10.5 Å². The number of nitrogens with two attached hydrogens (primary N) is 1. The lowest BCUT2D eigenvalue weighted by Crippen LogP contribution is -2.37. The lowest BCUT2D eigenvalue weighted by atomic mass is 10.3. The van der Waals surface area contributed by atoms with Crippen LogP contribution < -0.4 is 5.73 Å². The molecule has 1 saturated heterocycles. The lowest BCUT2D eigenvalue weighted by molar-refractivity contribution is 0.0382. The van der Waals surface area contributed by atoms with Gasteiger partial charge in [-0.1, -0.05) is 0 Å². The van der Waals surface area contributed by atoms with Crippen LogP contribution in [-0.2, 0) is 17.6 Å². The third kappa shape index (κ3) is 4.07. The van der Waals surface area contributed by atoms with Crippen LogP contribution in [-0.4, -0.2) is 59.5 Å². The van der Waals surface area contributed by atoms with Gasteiger partial charge in [0.1, 0.15) is 5.82 Å². The maximum Gasteiger partial charge on any atom is 0.151 e. The zero-order chi connectivity index (χ0) is 11.9. The molecule has 0 bridgehead atoms. The fraction of sp³-hybridized carbons (Fsp3) is 0.818. The predicted molar refractivity (Wildman–Crippen MR) is 64.7 cm³/mol. The average molecular weight is 239 g/mol. The van der Waals surface area contributed by atoms with Crippen LogP contribution in [0.3, 0.4) is 0 Å². The Labute approximate surface area is 102 Å². The molecule has 1 aromatic heterocycles. The zero-order valence-electron chi connectivity index (χ0n) is 10.2. The van der Waals surface area contributed by atoms with Gasteiger partial charge in [0.25, 0.3) is 0 Å². The molecule has 2 heterocycles. The summed E-state index contributed by atoms with van der Waals surface area (Å²) in [5, 5.41) is 7.19. The van der Waals surface area contributed by atoms with E-state index in [0.29, 0.717) is 6.54 Å². The number of ether oxygens (including phenoxy) is 1. The summed E-state index contributed by atoms with van der Waals surface area (Å²) in [6, 6.07) is 0. The standard InChI is InChI=1S/C11H21N5O/c12-4-1-2-10-13-11(15-14-10)3-5-16-6-8-17-9-7-16/h1-9,12H2,(H,13,14,15). The van der Waals surface area contributed by atoms with Crippen LogP contribution in [0, 0.1) is 0 Å². The summed E-state index contributed by atoms with van der Waals surface area (Å²) in [5.41, 5.74) is 5.46. The van der Waals surface area contributed by atoms with E-state index in [1.165, 1.54) is 0 Å². The van der Waals surface area contributed by atoms with Crippen molar-refractivity contribution in [3.05, 3.63) is 11.6 Å². The van der Waals surface area contributed by atoms with E-state index >= 15 is 0 Å². The van der Waals surface area contributed by atoms with Gasteiger partial charge in [-0.3, -0.25) is 10.00 Å². The minimum absolute atomic E-state index is 0.698. The number of rotatable bonds is 6. The quantitative estimate of drug-likeness (QED) is 0.704. The number of aryl methyl sites for hydroxylation is 1. The third-order valence-corrected chi connectivity index (χ3v) is 2.95. The molecular formula is C11H21N5O. The van der Waals surface area contributed by atoms with E-state index in [0.717, 1.165) is 63.8 Å². The van der Waals surface area contributed by atoms with Crippen molar-refractivity contribution in [1.82, 2.24) is 20.1 Å². The highest BCUT2D eigenvalue weighted by Gasteiger charge is 2.11. The van der Waals surface area contributed by atoms with Crippen molar-refractivity contribution in [2.75, 3.05) is 39.4 Å². The second-order valence-corrected chi connectivity index (χ2v) is 4.29. The Bertz CT molecular complexity index is 321. The fourth-order valence-corrected chi connectivity index (χ4v) is 1.91. The average Bonchev–Trinajstić information content (AvgIpc) is 2.83. The van der Waals surface area contributed by atoms with Gasteiger partial charge >= 0.3 is 0 Å². The van der Waals surface area contributed by atoms with Gasteiger partial charge in [-0.2, -0.15) is 5.10 Å². The molecule has 6 heteroatoms. The van der Waals surface area contributed by atoms with E-state index in [9.17, 15) is 0 Å². The largest absolute Gasteiger partial charge is 0.379 e. The number of aromatic amines is 1. The molecule has 3 N–H and O–H groups in total. The second kappa shape index (κ2) is 6.68. The van der Waals surface area contributed by atoms with E-state index < -0.39 is 0 Å². The minimum Gasteiger partial charge on any atom is -0.379 e. The number of H-pyrrole nitrogens is 1. The number of hydrogen-bond acceptors (Lipinski definition) is 5. The lowest BCUT2D eigenvalue weighted by Gasteiger charge is -2.25. The SMILES string of the molecule is NCCCc1nc(CCN2CCOCC2)n[nH]1. The minimum atomic E-state index is 0.698. The zero-order valence-corrected chi connectivity index (χ0v) is 10.2. The summed E-state index contributed by atoms with van der Waals surface area (Å²) in [7, 11) is 0. The molecule has 96 valence electrons. The summed E-state index contributed by atoms with van der Waals surface area (Å²) in [5.74, 6) is 1.86. The van der Waals surface area contributed by atoms with Crippen molar-refractivity contribution in [2.45, 2.75) is 19.3 Å². The summed E-state index contributed by atoms with van der Waals surface area (Å²) in [6.45, 7) is 5.43. The molecule has 1 aliphatic heterocycles. The van der Waals surface area contributed by atoms with E-state index in [2.05, 4.69) is 20.1 Å². The Hall–Kier alpha value is -0.980. The molecule has 0 aliphatic carbocycles. The molecule has 0 amide bonds. The van der Waals surface area contributed by atoms with Crippen molar-refractivity contribution in [1.29, 1.82) is 0 Å². The molecule has 1 fully saturated rings. The van der Waals surface area contributed by atoms with Gasteiger partial charge in [-0.05, 0) is 13.0 Å². The molecule has 1 aromatic rings. The molecule has 1 aliphatic rings. The van der Waals surface area contributed by atoms with Gasteiger partial charge < -0.3 is 10.5 Å². The molecule has 0 atom stereocenters. The van der Waals surface area contributed by atoms with Gasteiger partial charge in [0, 0.05) is 32.5 Å². The second-order valence-electron chi connectivity index (χ2n) is 4.29. The Morgan fingerprint density at radius 2 is 2.12 bits per heavy atom. The Balaban J connectivity index is 1.72. The van der Waals surface area contributed by atoms with Crippen LogP contribution in [0.15, 0.2) is 0 Å². The molecule has 0 spiro atoms. The Morgan fingerprint density at radius 1 is 1.29 bits per heavy atom. The van der Waals surface area contributed by atoms with Gasteiger partial charge in [0.05, 0.1) is 13.2 Å². The van der Waals surface area contributed by atoms with Crippen molar-refractivity contribution in [3.8, 4) is 0 Å². The number of nitrogens with one attached hydrogen (secondary N) is 1. The van der Waals surface area contributed by atoms with Crippen LogP contribution in [0.2, 0.25) is 0 Å². The maximum atomic E-state index is 5.46. The topological polar surface area (TPSA) is 80.1 Å². The van der Waals surface area contributed by atoms with Crippen molar-refractivity contribution in [3.63, 3.8) is 0 Å². The first-order chi connectivity index (χ1) is 8.38. The molecule has 0 aromatic carbocycles. The molecule has 6 nitrogen and oxygen atoms in total. The predicted octanol–water partition coefficient (Wildman–Crippen LogP) is -0.429. The van der Waals surface area contributed by atoms with Gasteiger partial charge in [0.2, 0.25) is 0 Å². The summed E-state index contributed by atoms with van der Waals surface area (Å²) >= 11 is 0. The van der Waals surface area contributed by atoms with Crippen LogP contribution in [0.5, 0.6) is 0 Å². The summed E-state index contributed by atoms with van der Waals surface area (Å²) < 4.78 is 5.31. The molecule has 2 rings (SSSR count). The smallest absolute Gasteiger partial charge is 0.151 e. The van der Waals surface area contributed by atoms with Gasteiger partial charge in [0.15, 0.2) is 5.82 Å². The van der Waals surface area contributed by atoms with Crippen LogP contribution in [0.25, 0.3) is 0 Å². The van der Waals surface area contributed by atoms with Crippen molar-refractivity contribution in [2.24, 2.45) is 5.73 Å². The molecule has 0 radical (unpaired) electrons. The highest BCUT2D eigenvalue weighted by molar-refractivity contribution is 4.91. The van der Waals surface area contributed by atoms with Crippen molar-refractivity contribution < 1.29 is 4.74 Å². The van der Waals surface area contributed by atoms with E-state index in [-0.39, 0.29) is 0 Å². The monoisotopic (exact) mass is 239 g/mol. The normalized spacial score (nSPS) is 17.5. The first-order valence-electron chi connectivity index (χ1n) is 6.29. The molecule has 0 unspecified atom stereocenters. The molecule has 0 saturated carbocycles. The van der Waals surface area contributed by atoms with Crippen molar-refractivity contribution >= 4 is 0 Å². The number of morpholine rings is 1. The van der Waals surface area contributed by atoms with Crippen LogP contribution in [0.1, 0.15) is 18.1 Å². The first kappa shape index (κ1) is 12.5. The highest BCUT2D eigenvalue weighted by Crippen LogP contribution is 2.01. The summed E-state index contributed by atoms with van der Waals surface area (Å²) in [4.78, 5) is 6.84.